The second-order valence-electron chi connectivity index (χ2n) is 8.05. The monoisotopic (exact) mass is 429 g/mol. The van der Waals surface area contributed by atoms with Gasteiger partial charge in [-0.2, -0.15) is 0 Å². The molecule has 0 bridgehead atoms. The van der Waals surface area contributed by atoms with Crippen LogP contribution in [0.1, 0.15) is 30.8 Å². The average molecular weight is 430 g/mol. The number of aryl methyl sites for hydroxylation is 1. The first-order valence-electron chi connectivity index (χ1n) is 11.2. The van der Waals surface area contributed by atoms with Crippen LogP contribution in [0.2, 0.25) is 0 Å². The lowest BCUT2D eigenvalue weighted by molar-refractivity contribution is -0.110. The highest BCUT2D eigenvalue weighted by Crippen LogP contribution is 2.36. The molecule has 1 amide bonds. The number of rotatable bonds is 8. The summed E-state index contributed by atoms with van der Waals surface area (Å²) in [5, 5.41) is 3.00. The topological polar surface area (TPSA) is 46.5 Å². The number of nitrogens with one attached hydrogen (secondary N) is 1. The summed E-state index contributed by atoms with van der Waals surface area (Å²) in [6.45, 7) is 10.4. The summed E-state index contributed by atoms with van der Waals surface area (Å²) in [6.07, 6.45) is 2.05. The van der Waals surface area contributed by atoms with Crippen molar-refractivity contribution in [2.24, 2.45) is 0 Å². The van der Waals surface area contributed by atoms with Crippen molar-refractivity contribution < 1.29 is 9.53 Å². The van der Waals surface area contributed by atoms with E-state index in [2.05, 4.69) is 47.7 Å². The van der Waals surface area contributed by atoms with Gasteiger partial charge in [-0.15, -0.1) is 0 Å². The fraction of sp³-hybridized carbons (Fsp3) is 0.296. The van der Waals surface area contributed by atoms with Crippen LogP contribution >= 0.6 is 0 Å². The Labute approximate surface area is 190 Å². The molecule has 32 heavy (non-hydrogen) atoms. The van der Waals surface area contributed by atoms with E-state index in [1.54, 1.807) is 7.11 Å². The first-order valence-corrected chi connectivity index (χ1v) is 11.2. The SMILES string of the molecule is CCN(CC)CCn1c(C)cc(-c2cccc(OC)c2)c1C=C1C(=O)Nc2ccccc21. The Hall–Kier alpha value is -3.31. The van der Waals surface area contributed by atoms with Gasteiger partial charge in [0.15, 0.2) is 0 Å². The van der Waals surface area contributed by atoms with Crippen LogP contribution in [0, 0.1) is 6.92 Å². The second-order valence-corrected chi connectivity index (χ2v) is 8.05. The van der Waals surface area contributed by atoms with Gasteiger partial charge >= 0.3 is 0 Å². The summed E-state index contributed by atoms with van der Waals surface area (Å²) in [5.74, 6) is 0.760. The van der Waals surface area contributed by atoms with Gasteiger partial charge in [-0.05, 0) is 55.9 Å². The van der Waals surface area contributed by atoms with Crippen LogP contribution < -0.4 is 10.1 Å². The van der Waals surface area contributed by atoms with Gasteiger partial charge in [0.05, 0.1) is 12.7 Å². The predicted molar refractivity (Wildman–Crippen MR) is 132 cm³/mol. The number of ether oxygens (including phenoxy) is 1. The third-order valence-corrected chi connectivity index (χ3v) is 6.25. The van der Waals surface area contributed by atoms with Gasteiger partial charge in [0.1, 0.15) is 5.75 Å². The smallest absolute Gasteiger partial charge is 0.256 e. The van der Waals surface area contributed by atoms with E-state index in [9.17, 15) is 4.79 Å². The van der Waals surface area contributed by atoms with Crippen molar-refractivity contribution in [3.8, 4) is 16.9 Å². The largest absolute Gasteiger partial charge is 0.497 e. The Morgan fingerprint density at radius 3 is 2.56 bits per heavy atom. The second kappa shape index (κ2) is 9.45. The number of hydrogen-bond donors (Lipinski definition) is 1. The number of amides is 1. The number of para-hydroxylation sites is 1. The minimum absolute atomic E-state index is 0.0584. The molecule has 5 nitrogen and oxygen atoms in total. The molecule has 1 N–H and O–H groups in total. The highest BCUT2D eigenvalue weighted by Gasteiger charge is 2.25. The number of likely N-dealkylation sites (N-methyl/N-ethyl adjacent to an activating group) is 1. The molecule has 0 aliphatic carbocycles. The van der Waals surface area contributed by atoms with Crippen LogP contribution in [0.25, 0.3) is 22.8 Å². The predicted octanol–water partition coefficient (Wildman–Crippen LogP) is 5.31. The molecule has 1 aliphatic heterocycles. The molecule has 5 heteroatoms. The Balaban J connectivity index is 1.85. The van der Waals surface area contributed by atoms with Gasteiger partial charge in [-0.1, -0.05) is 44.2 Å². The third kappa shape index (κ3) is 4.21. The van der Waals surface area contributed by atoms with E-state index < -0.39 is 0 Å². The lowest BCUT2D eigenvalue weighted by atomic mass is 10.0. The van der Waals surface area contributed by atoms with Crippen molar-refractivity contribution in [2.75, 3.05) is 32.1 Å². The van der Waals surface area contributed by atoms with Gasteiger partial charge in [0.2, 0.25) is 0 Å². The van der Waals surface area contributed by atoms with E-state index >= 15 is 0 Å². The number of nitrogens with zero attached hydrogens (tertiary/aromatic N) is 2. The van der Waals surface area contributed by atoms with Crippen molar-refractivity contribution in [3.05, 3.63) is 71.5 Å². The number of hydrogen-bond acceptors (Lipinski definition) is 3. The molecule has 0 spiro atoms. The highest BCUT2D eigenvalue weighted by molar-refractivity contribution is 6.35. The summed E-state index contributed by atoms with van der Waals surface area (Å²) in [6, 6.07) is 18.2. The fourth-order valence-corrected chi connectivity index (χ4v) is 4.37. The lowest BCUT2D eigenvalue weighted by Crippen LogP contribution is -2.27. The van der Waals surface area contributed by atoms with Gasteiger partial charge < -0.3 is 19.5 Å². The fourth-order valence-electron chi connectivity index (χ4n) is 4.37. The summed E-state index contributed by atoms with van der Waals surface area (Å²) >= 11 is 0. The minimum atomic E-state index is -0.0584. The van der Waals surface area contributed by atoms with E-state index in [-0.39, 0.29) is 5.91 Å². The number of carbonyl (C=O) groups excluding carboxylic acids is 1. The Morgan fingerprint density at radius 1 is 1.03 bits per heavy atom. The minimum Gasteiger partial charge on any atom is -0.497 e. The maximum absolute atomic E-state index is 12.8. The molecule has 2 aromatic carbocycles. The van der Waals surface area contributed by atoms with Crippen molar-refractivity contribution in [1.29, 1.82) is 0 Å². The molecular weight excluding hydrogens is 398 g/mol. The van der Waals surface area contributed by atoms with Crippen LogP contribution in [0.3, 0.4) is 0 Å². The molecule has 0 fully saturated rings. The van der Waals surface area contributed by atoms with Crippen LogP contribution in [-0.4, -0.2) is 42.1 Å². The number of anilines is 1. The van der Waals surface area contributed by atoms with Crippen molar-refractivity contribution in [3.63, 3.8) is 0 Å². The molecule has 0 radical (unpaired) electrons. The first kappa shape index (κ1) is 21.9. The van der Waals surface area contributed by atoms with Crippen LogP contribution in [0.5, 0.6) is 5.75 Å². The highest BCUT2D eigenvalue weighted by atomic mass is 16.5. The molecule has 0 atom stereocenters. The molecule has 3 aromatic rings. The summed E-state index contributed by atoms with van der Waals surface area (Å²) < 4.78 is 7.79. The number of benzene rings is 2. The zero-order chi connectivity index (χ0) is 22.7. The number of methoxy groups -OCH3 is 1. The number of carbonyl (C=O) groups is 1. The van der Waals surface area contributed by atoms with Crippen molar-refractivity contribution in [2.45, 2.75) is 27.3 Å². The zero-order valence-electron chi connectivity index (χ0n) is 19.3. The zero-order valence-corrected chi connectivity index (χ0v) is 19.3. The molecule has 2 heterocycles. The molecule has 4 rings (SSSR count). The Bertz CT molecular complexity index is 1160. The van der Waals surface area contributed by atoms with E-state index in [1.807, 2.05) is 48.5 Å². The molecule has 0 saturated carbocycles. The Morgan fingerprint density at radius 2 is 1.81 bits per heavy atom. The first-order chi connectivity index (χ1) is 15.5. The molecule has 1 aromatic heterocycles. The van der Waals surface area contributed by atoms with Crippen molar-refractivity contribution in [1.82, 2.24) is 9.47 Å². The summed E-state index contributed by atoms with van der Waals surface area (Å²) in [5.41, 5.74) is 6.91. The van der Waals surface area contributed by atoms with Crippen LogP contribution in [0.15, 0.2) is 54.6 Å². The maximum atomic E-state index is 12.8. The molecule has 0 unspecified atom stereocenters. The van der Waals surface area contributed by atoms with Crippen LogP contribution in [-0.2, 0) is 11.3 Å². The maximum Gasteiger partial charge on any atom is 0.256 e. The average Bonchev–Trinajstić information content (AvgIpc) is 3.31. The molecule has 0 saturated heterocycles. The summed E-state index contributed by atoms with van der Waals surface area (Å²) in [4.78, 5) is 15.3. The normalized spacial score (nSPS) is 14.2. The van der Waals surface area contributed by atoms with Gasteiger partial charge in [0.25, 0.3) is 5.91 Å². The van der Waals surface area contributed by atoms with E-state index in [0.29, 0.717) is 5.57 Å². The molecular formula is C27H31N3O2. The van der Waals surface area contributed by atoms with Gasteiger partial charge in [-0.3, -0.25) is 4.79 Å². The van der Waals surface area contributed by atoms with Gasteiger partial charge in [0, 0.05) is 41.3 Å². The van der Waals surface area contributed by atoms with E-state index in [1.165, 1.54) is 5.69 Å². The number of aromatic nitrogens is 1. The van der Waals surface area contributed by atoms with E-state index in [0.717, 1.165) is 60.0 Å². The van der Waals surface area contributed by atoms with E-state index in [4.69, 9.17) is 4.74 Å². The quantitative estimate of drug-likeness (QED) is 0.494. The Kier molecular flexibility index (Phi) is 6.47. The standard InChI is InChI=1S/C27H31N3O2/c1-5-29(6-2)14-15-30-19(3)16-23(20-10-9-11-21(17-20)32-4)26(30)18-24-22-12-7-8-13-25(22)28-27(24)31/h7-13,16-18H,5-6,14-15H2,1-4H3,(H,28,31). The molecule has 166 valence electrons. The summed E-state index contributed by atoms with van der Waals surface area (Å²) in [7, 11) is 1.68. The third-order valence-electron chi connectivity index (χ3n) is 6.25. The number of fused-ring (bicyclic) bond motifs is 1. The van der Waals surface area contributed by atoms with Crippen LogP contribution in [0.4, 0.5) is 5.69 Å². The molecule has 1 aliphatic rings. The van der Waals surface area contributed by atoms with Gasteiger partial charge in [-0.25, -0.2) is 0 Å². The van der Waals surface area contributed by atoms with Crippen molar-refractivity contribution >= 4 is 23.2 Å². The lowest BCUT2D eigenvalue weighted by Gasteiger charge is -2.20.